The van der Waals surface area contributed by atoms with Crippen LogP contribution in [0.5, 0.6) is 5.75 Å². The summed E-state index contributed by atoms with van der Waals surface area (Å²) < 4.78 is 36.6. The molecular formula is C11H15ClN2O5S. The highest BCUT2D eigenvalue weighted by Crippen LogP contribution is 2.25. The van der Waals surface area contributed by atoms with Gasteiger partial charge in [-0.05, 0) is 25.1 Å². The van der Waals surface area contributed by atoms with Crippen molar-refractivity contribution in [2.75, 3.05) is 18.4 Å². The van der Waals surface area contributed by atoms with Crippen LogP contribution in [-0.2, 0) is 20.8 Å². The second-order valence-corrected chi connectivity index (χ2v) is 5.27. The molecule has 0 aliphatic rings. The van der Waals surface area contributed by atoms with Crippen LogP contribution < -0.4 is 14.2 Å². The maximum atomic E-state index is 11.6. The number of nitrogens with one attached hydrogen (secondary N) is 2. The maximum Gasteiger partial charge on any atom is 0.422 e. The molecule has 0 aliphatic carbocycles. The largest absolute Gasteiger partial charge is 0.494 e. The van der Waals surface area contributed by atoms with E-state index in [9.17, 15) is 13.2 Å². The van der Waals surface area contributed by atoms with Crippen molar-refractivity contribution in [3.63, 3.8) is 0 Å². The quantitative estimate of drug-likeness (QED) is 0.779. The first-order chi connectivity index (χ1) is 9.41. The zero-order valence-electron chi connectivity index (χ0n) is 11.0. The average Bonchev–Trinajstić information content (AvgIpc) is 2.39. The number of methoxy groups -OCH3 is 1. The van der Waals surface area contributed by atoms with Gasteiger partial charge in [0.05, 0.1) is 25.3 Å². The van der Waals surface area contributed by atoms with E-state index in [-0.39, 0.29) is 11.6 Å². The summed E-state index contributed by atoms with van der Waals surface area (Å²) in [4.78, 5) is 10.9. The molecule has 7 nitrogen and oxygen atoms in total. The monoisotopic (exact) mass is 322 g/mol. The van der Waals surface area contributed by atoms with Crippen LogP contribution in [0.25, 0.3) is 0 Å². The fourth-order valence-electron chi connectivity index (χ4n) is 1.38. The Morgan fingerprint density at radius 3 is 2.65 bits per heavy atom. The maximum absolute atomic E-state index is 11.6. The number of benzene rings is 1. The van der Waals surface area contributed by atoms with Gasteiger partial charge < -0.3 is 9.47 Å². The zero-order chi connectivity index (χ0) is 15.2. The summed E-state index contributed by atoms with van der Waals surface area (Å²) in [6.07, 6.45) is -1.08. The van der Waals surface area contributed by atoms with Crippen LogP contribution in [0, 0.1) is 0 Å². The molecule has 0 aliphatic heterocycles. The number of ether oxygens (including phenoxy) is 2. The third-order valence-electron chi connectivity index (χ3n) is 2.16. The van der Waals surface area contributed by atoms with Gasteiger partial charge in [-0.2, -0.15) is 8.42 Å². The van der Waals surface area contributed by atoms with Gasteiger partial charge in [0, 0.05) is 5.56 Å². The van der Waals surface area contributed by atoms with Gasteiger partial charge in [0.15, 0.2) is 0 Å². The third kappa shape index (κ3) is 4.78. The molecule has 1 aromatic carbocycles. The summed E-state index contributed by atoms with van der Waals surface area (Å²) in [5.41, 5.74) is 0.882. The number of carbonyl (C=O) groups is 1. The minimum atomic E-state index is -4.05. The van der Waals surface area contributed by atoms with Gasteiger partial charge in [0.2, 0.25) is 0 Å². The summed E-state index contributed by atoms with van der Waals surface area (Å²) in [6.45, 7) is 2.30. The summed E-state index contributed by atoms with van der Waals surface area (Å²) in [5, 5.41) is 0. The number of halogens is 1. The lowest BCUT2D eigenvalue weighted by atomic mass is 10.2. The van der Waals surface area contributed by atoms with E-state index in [1.54, 1.807) is 10.8 Å². The SMILES string of the molecule is CCOc1ccc(NS(=O)(=O)NC(=O)OC)cc1CCl. The number of alkyl halides is 1. The number of hydrogen-bond acceptors (Lipinski definition) is 5. The predicted molar refractivity (Wildman–Crippen MR) is 75.3 cm³/mol. The number of rotatable bonds is 6. The summed E-state index contributed by atoms with van der Waals surface area (Å²) >= 11 is 5.77. The molecule has 1 aromatic rings. The normalized spacial score (nSPS) is 10.8. The fraction of sp³-hybridized carbons (Fsp3) is 0.364. The lowest BCUT2D eigenvalue weighted by molar-refractivity contribution is 0.177. The topological polar surface area (TPSA) is 93.7 Å². The summed E-state index contributed by atoms with van der Waals surface area (Å²) in [6, 6.07) is 4.61. The standard InChI is InChI=1S/C11H15ClN2O5S/c1-3-19-10-5-4-9(6-8(10)7-12)13-20(16,17)14-11(15)18-2/h4-6,13H,3,7H2,1-2H3,(H,14,15). The van der Waals surface area contributed by atoms with Crippen LogP contribution in [0.2, 0.25) is 0 Å². The minimum Gasteiger partial charge on any atom is -0.494 e. The molecule has 0 heterocycles. The Morgan fingerprint density at radius 1 is 1.40 bits per heavy atom. The Balaban J connectivity index is 2.90. The molecule has 0 unspecified atom stereocenters. The van der Waals surface area contributed by atoms with Gasteiger partial charge in [-0.25, -0.2) is 9.52 Å². The average molecular weight is 323 g/mol. The molecule has 0 aromatic heterocycles. The van der Waals surface area contributed by atoms with Crippen molar-refractivity contribution in [2.45, 2.75) is 12.8 Å². The lowest BCUT2D eigenvalue weighted by Crippen LogP contribution is -2.35. The van der Waals surface area contributed by atoms with Crippen LogP contribution in [0.1, 0.15) is 12.5 Å². The zero-order valence-corrected chi connectivity index (χ0v) is 12.5. The van der Waals surface area contributed by atoms with Crippen LogP contribution in [0.3, 0.4) is 0 Å². The molecular weight excluding hydrogens is 308 g/mol. The summed E-state index contributed by atoms with van der Waals surface area (Å²) in [7, 11) is -2.99. The van der Waals surface area contributed by atoms with Gasteiger partial charge in [-0.3, -0.25) is 4.72 Å². The van der Waals surface area contributed by atoms with Crippen molar-refractivity contribution in [3.05, 3.63) is 23.8 Å². The summed E-state index contributed by atoms with van der Waals surface area (Å²) in [5.74, 6) is 0.737. The van der Waals surface area contributed by atoms with Crippen LogP contribution in [0.4, 0.5) is 10.5 Å². The third-order valence-corrected chi connectivity index (χ3v) is 3.39. The number of anilines is 1. The molecule has 0 saturated carbocycles. The van der Waals surface area contributed by atoms with Crippen molar-refractivity contribution < 1.29 is 22.7 Å². The second kappa shape index (κ2) is 7.20. The fourth-order valence-corrected chi connectivity index (χ4v) is 2.38. The van der Waals surface area contributed by atoms with Crippen LogP contribution in [-0.4, -0.2) is 28.2 Å². The molecule has 9 heteroatoms. The highest BCUT2D eigenvalue weighted by atomic mass is 35.5. The molecule has 20 heavy (non-hydrogen) atoms. The second-order valence-electron chi connectivity index (χ2n) is 3.59. The molecule has 1 rings (SSSR count). The Kier molecular flexibility index (Phi) is 5.90. The smallest absolute Gasteiger partial charge is 0.422 e. The van der Waals surface area contributed by atoms with Crippen LogP contribution in [0.15, 0.2) is 18.2 Å². The minimum absolute atomic E-state index is 0.162. The molecule has 0 spiro atoms. The van der Waals surface area contributed by atoms with Gasteiger partial charge in [-0.1, -0.05) is 0 Å². The highest BCUT2D eigenvalue weighted by Gasteiger charge is 2.15. The van der Waals surface area contributed by atoms with E-state index in [0.29, 0.717) is 17.9 Å². The van der Waals surface area contributed by atoms with Crippen LogP contribution >= 0.6 is 11.6 Å². The van der Waals surface area contributed by atoms with Crippen molar-refractivity contribution in [1.82, 2.24) is 4.72 Å². The Labute approximate surface area is 122 Å². The van der Waals surface area contributed by atoms with E-state index in [2.05, 4.69) is 9.46 Å². The van der Waals surface area contributed by atoms with Gasteiger partial charge in [0.25, 0.3) is 0 Å². The predicted octanol–water partition coefficient (Wildman–Crippen LogP) is 1.84. The molecule has 112 valence electrons. The molecule has 1 amide bonds. The van der Waals surface area contributed by atoms with Gasteiger partial charge >= 0.3 is 16.3 Å². The molecule has 0 bridgehead atoms. The van der Waals surface area contributed by atoms with Crippen molar-refractivity contribution in [1.29, 1.82) is 0 Å². The molecule has 0 atom stereocenters. The number of carbonyl (C=O) groups excluding carboxylic acids is 1. The van der Waals surface area contributed by atoms with E-state index < -0.39 is 16.3 Å². The van der Waals surface area contributed by atoms with E-state index in [1.807, 2.05) is 6.92 Å². The molecule has 0 saturated heterocycles. The number of hydrogen-bond donors (Lipinski definition) is 2. The van der Waals surface area contributed by atoms with Gasteiger partial charge in [0.1, 0.15) is 5.75 Å². The first kappa shape index (κ1) is 16.4. The lowest BCUT2D eigenvalue weighted by Gasteiger charge is -2.12. The van der Waals surface area contributed by atoms with Crippen molar-refractivity contribution in [2.24, 2.45) is 0 Å². The number of amides is 1. The first-order valence-corrected chi connectivity index (χ1v) is 7.63. The Bertz CT molecular complexity index is 576. The van der Waals surface area contributed by atoms with E-state index in [4.69, 9.17) is 16.3 Å². The Morgan fingerprint density at radius 2 is 2.10 bits per heavy atom. The Hall–Kier alpha value is -1.67. The van der Waals surface area contributed by atoms with E-state index in [1.165, 1.54) is 12.1 Å². The van der Waals surface area contributed by atoms with Gasteiger partial charge in [-0.15, -0.1) is 11.6 Å². The molecule has 0 fully saturated rings. The van der Waals surface area contributed by atoms with E-state index in [0.717, 1.165) is 7.11 Å². The first-order valence-electron chi connectivity index (χ1n) is 5.62. The highest BCUT2D eigenvalue weighted by molar-refractivity contribution is 7.91. The molecule has 0 radical (unpaired) electrons. The molecule has 2 N–H and O–H groups in total. The van der Waals surface area contributed by atoms with E-state index >= 15 is 0 Å². The van der Waals surface area contributed by atoms with Crippen molar-refractivity contribution >= 4 is 33.6 Å². The van der Waals surface area contributed by atoms with Crippen molar-refractivity contribution in [3.8, 4) is 5.75 Å².